The van der Waals surface area contributed by atoms with Gasteiger partial charge in [-0.05, 0) is 289 Å². The van der Waals surface area contributed by atoms with Gasteiger partial charge in [0.2, 0.25) is 35.4 Å². The molecule has 0 radical (unpaired) electrons. The van der Waals surface area contributed by atoms with Gasteiger partial charge in [-0.2, -0.15) is 0 Å². The smallest absolute Gasteiger partial charge is 0.227 e. The van der Waals surface area contributed by atoms with Gasteiger partial charge in [0.15, 0.2) is 0 Å². The Labute approximate surface area is 751 Å². The highest BCUT2D eigenvalue weighted by Crippen LogP contribution is 2.59. The second kappa shape index (κ2) is 35.1. The Hall–Kier alpha value is -7.53. The second-order valence-electron chi connectivity index (χ2n) is 42.5. The molecule has 6 amide bonds. The predicted molar refractivity (Wildman–Crippen MR) is 482 cm³/mol. The van der Waals surface area contributed by atoms with Crippen LogP contribution in [0.1, 0.15) is 259 Å². The third-order valence-electron chi connectivity index (χ3n) is 30.8. The zero-order valence-corrected chi connectivity index (χ0v) is 78.5. The fourth-order valence-electron chi connectivity index (χ4n) is 23.4. The van der Waals surface area contributed by atoms with Gasteiger partial charge < -0.3 is 30.2 Å². The number of carbonyl (C=O) groups is 6. The zero-order chi connectivity index (χ0) is 90.8. The summed E-state index contributed by atoms with van der Waals surface area (Å²) >= 11 is 19.6. The Balaban J connectivity index is 0.000000152. The summed E-state index contributed by atoms with van der Waals surface area (Å²) in [6, 6.07) is 25.8. The fourth-order valence-corrected chi connectivity index (χ4v) is 23.9. The van der Waals surface area contributed by atoms with Gasteiger partial charge in [-0.25, -0.2) is 26.3 Å². The van der Waals surface area contributed by atoms with Crippen LogP contribution in [0.2, 0.25) is 15.1 Å². The minimum atomic E-state index is -0.612. The summed E-state index contributed by atoms with van der Waals surface area (Å²) in [6.07, 6.45) is 9.21. The van der Waals surface area contributed by atoms with Crippen molar-refractivity contribution < 1.29 is 55.1 Å². The summed E-state index contributed by atoms with van der Waals surface area (Å²) in [7, 11) is 1.94. The van der Waals surface area contributed by atoms with Crippen LogP contribution in [0.3, 0.4) is 0 Å². The Morgan fingerprint density at radius 1 is 0.424 bits per heavy atom. The molecule has 676 valence electrons. The Kier molecular flexibility index (Phi) is 26.3. The van der Waals surface area contributed by atoms with Crippen LogP contribution in [-0.4, -0.2) is 189 Å². The van der Waals surface area contributed by atoms with Crippen LogP contribution >= 0.6 is 34.8 Å². The lowest BCUT2D eigenvalue weighted by Gasteiger charge is -2.47. The van der Waals surface area contributed by atoms with Gasteiger partial charge in [0.05, 0.1) is 17.8 Å². The van der Waals surface area contributed by atoms with E-state index in [0.717, 1.165) is 110 Å². The highest BCUT2D eigenvalue weighted by molar-refractivity contribution is 6.32. The zero-order valence-electron chi connectivity index (χ0n) is 76.3. The molecule has 0 aromatic heterocycles. The summed E-state index contributed by atoms with van der Waals surface area (Å²) in [4.78, 5) is 94.4. The highest BCUT2D eigenvalue weighted by atomic mass is 35.5. The standard InChI is InChI=1S/2C34H44ClF2N3O2.C33H40ClF2N3O2/c2*1-20-14-27-24(16-29(20)35)28(33(6,7)38-21(2)41)17-34(27)10-12-39(13-11-34)31(42)26-19-40(32(3,4)5)18-25(26)23-9-8-22(36)15-30(23)37;1-32(2,3)39-18-25(24-9-8-23(35)17-28(24)36)26(19-39)31(41)38-13-11-33(12-14-38)27-10-7-22(34)15-21(27)16-29(33)37(4)30(40)20-5-6-20/h2*8-9,14-16,25-26,28H,10-13,17-19H2,1-7H3,(H,38,41);7-10,15,17,20,25-26,29H,5-6,11-14,16,18-19H2,1-4H3/t25-,26+,28+;25-,26+,28-;25-,26+,29+/m000/s1. The van der Waals surface area contributed by atoms with Crippen LogP contribution in [0.4, 0.5) is 26.3 Å². The minimum absolute atomic E-state index is 0.0326. The number of hydrogen-bond acceptors (Lipinski definition) is 9. The van der Waals surface area contributed by atoms with E-state index in [9.17, 15) is 55.1 Å². The monoisotopic (exact) mass is 1780 g/mol. The van der Waals surface area contributed by atoms with Crippen molar-refractivity contribution in [1.82, 2.24) is 44.9 Å². The molecule has 10 aliphatic rings. The number of halogens is 9. The summed E-state index contributed by atoms with van der Waals surface area (Å²) < 4.78 is 86.3. The normalized spacial score (nSPS) is 24.8. The Morgan fingerprint density at radius 3 is 1.07 bits per heavy atom. The van der Waals surface area contributed by atoms with E-state index in [4.69, 9.17) is 34.8 Å². The number of hydrogen-bond donors (Lipinski definition) is 2. The lowest BCUT2D eigenvalue weighted by Crippen LogP contribution is -2.56. The van der Waals surface area contributed by atoms with Gasteiger partial charge in [0.1, 0.15) is 34.9 Å². The molecule has 0 unspecified atom stereocenters. The molecule has 125 heavy (non-hydrogen) atoms. The van der Waals surface area contributed by atoms with E-state index < -0.39 is 63.7 Å². The fraction of sp³-hybridized carbons (Fsp3) is 0.584. The van der Waals surface area contributed by atoms with Gasteiger partial charge in [-0.1, -0.05) is 71.2 Å². The van der Waals surface area contributed by atoms with E-state index in [1.54, 1.807) is 13.8 Å². The molecular weight excluding hydrogens is 1660 g/mol. The van der Waals surface area contributed by atoms with E-state index in [0.29, 0.717) is 100 Å². The van der Waals surface area contributed by atoms with Gasteiger partial charge in [-0.3, -0.25) is 43.5 Å². The van der Waals surface area contributed by atoms with E-state index in [1.165, 1.54) is 69.8 Å². The number of likely N-dealkylation sites (tertiary alicyclic amines) is 6. The van der Waals surface area contributed by atoms with E-state index in [-0.39, 0.29) is 110 Å². The van der Waals surface area contributed by atoms with Gasteiger partial charge in [-0.15, -0.1) is 0 Å². The number of likely N-dealkylation sites (N-methyl/N-ethyl adjacent to an activating group) is 1. The number of rotatable bonds is 12. The van der Waals surface area contributed by atoms with Gasteiger partial charge in [0.25, 0.3) is 0 Å². The molecule has 6 heterocycles. The number of aryl methyl sites for hydroxylation is 2. The van der Waals surface area contributed by atoms with Crippen molar-refractivity contribution in [1.29, 1.82) is 0 Å². The van der Waals surface area contributed by atoms with Gasteiger partial charge >= 0.3 is 0 Å². The molecule has 7 fully saturated rings. The number of carbonyl (C=O) groups excluding carboxylic acids is 6. The van der Waals surface area contributed by atoms with Crippen molar-refractivity contribution in [2.45, 2.75) is 268 Å². The van der Waals surface area contributed by atoms with Crippen LogP contribution < -0.4 is 10.6 Å². The van der Waals surface area contributed by atoms with Crippen molar-refractivity contribution in [2.75, 3.05) is 85.6 Å². The molecule has 6 aliphatic heterocycles. The van der Waals surface area contributed by atoms with Crippen molar-refractivity contribution in [2.24, 2.45) is 23.7 Å². The molecule has 4 aliphatic carbocycles. The first-order valence-electron chi connectivity index (χ1n) is 45.1. The molecule has 0 bridgehead atoms. The van der Waals surface area contributed by atoms with E-state index in [2.05, 4.69) is 146 Å². The van der Waals surface area contributed by atoms with Crippen LogP contribution in [0, 0.1) is 72.4 Å². The first-order chi connectivity index (χ1) is 58.4. The lowest BCUT2D eigenvalue weighted by molar-refractivity contribution is -0.140. The third kappa shape index (κ3) is 18.7. The topological polar surface area (TPSA) is 149 Å². The largest absolute Gasteiger partial charge is 0.351 e. The predicted octanol–water partition coefficient (Wildman–Crippen LogP) is 19.2. The van der Waals surface area contributed by atoms with Crippen molar-refractivity contribution in [3.63, 3.8) is 0 Å². The highest BCUT2D eigenvalue weighted by Gasteiger charge is 2.58. The quantitative estimate of drug-likeness (QED) is 0.114. The molecule has 3 spiro atoms. The van der Waals surface area contributed by atoms with Crippen LogP contribution in [0.5, 0.6) is 0 Å². The van der Waals surface area contributed by atoms with Crippen LogP contribution in [0.15, 0.2) is 97.1 Å². The van der Waals surface area contributed by atoms with Crippen molar-refractivity contribution >= 4 is 70.2 Å². The molecule has 1 saturated carbocycles. The molecule has 6 saturated heterocycles. The summed E-state index contributed by atoms with van der Waals surface area (Å²) in [6.45, 7) is 41.2. The number of nitrogens with zero attached hydrogens (tertiary/aromatic N) is 7. The number of nitrogens with one attached hydrogen (secondary N) is 2. The third-order valence-corrected chi connectivity index (χ3v) is 31.8. The SMILES string of the molecule is CC(=O)NC(C)(C)[C@@H]1CC2(CCN(C(=O)[C@@H]3CN(C(C)(C)C)C[C@H]3c3ccc(F)cc3F)CC2)c2cc(C)c(Cl)cc21.CC(=O)NC(C)(C)[C@H]1CC2(CCN(C(=O)[C@@H]3CN(C(C)(C)C)C[C@H]3c3ccc(F)cc3F)CC2)c2cc(C)c(Cl)cc21.CN(C(=O)C1CC1)[C@@H]1Cc2cc(Cl)ccc2C12CCN(C(=O)[C@@H]1CN(C(C)(C)C)C[C@H]1c1ccc(F)cc1F)CC2. The molecule has 6 aromatic carbocycles. The molecule has 16 rings (SSSR count). The Bertz CT molecular complexity index is 4940. The van der Waals surface area contributed by atoms with Crippen LogP contribution in [-0.2, 0) is 51.4 Å². The molecular formula is C101H128Cl3F6N9O6. The second-order valence-corrected chi connectivity index (χ2v) is 43.7. The van der Waals surface area contributed by atoms with Crippen molar-refractivity contribution in [3.05, 3.63) is 208 Å². The molecule has 9 atom stereocenters. The van der Waals surface area contributed by atoms with Crippen LogP contribution in [0.25, 0.3) is 0 Å². The van der Waals surface area contributed by atoms with E-state index >= 15 is 0 Å². The maximum Gasteiger partial charge on any atom is 0.227 e. The maximum atomic E-state index is 15.0. The number of benzene rings is 6. The molecule has 6 aromatic rings. The number of piperidine rings is 3. The average molecular weight is 1780 g/mol. The number of amides is 6. The minimum Gasteiger partial charge on any atom is -0.351 e. The molecule has 24 heteroatoms. The van der Waals surface area contributed by atoms with Gasteiger partial charge in [0, 0.05) is 207 Å². The summed E-state index contributed by atoms with van der Waals surface area (Å²) in [5, 5.41) is 8.48. The molecule has 15 nitrogen and oxygen atoms in total. The maximum absolute atomic E-state index is 15.0. The summed E-state index contributed by atoms with van der Waals surface area (Å²) in [5.41, 5.74) is 8.76. The molecule has 2 N–H and O–H groups in total. The average Bonchev–Trinajstić information content (AvgIpc) is 1.58. The van der Waals surface area contributed by atoms with E-state index in [1.807, 2.05) is 52.6 Å². The van der Waals surface area contributed by atoms with Crippen molar-refractivity contribution in [3.8, 4) is 0 Å². The number of fused-ring (bicyclic) bond motifs is 6. The Morgan fingerprint density at radius 2 is 0.760 bits per heavy atom. The lowest BCUT2D eigenvalue weighted by atomic mass is 9.70. The first kappa shape index (κ1) is 93.6. The first-order valence-corrected chi connectivity index (χ1v) is 46.3. The summed E-state index contributed by atoms with van der Waals surface area (Å²) in [5.74, 6) is -5.27.